The Morgan fingerprint density at radius 2 is 1.92 bits per heavy atom. The molecule has 1 aromatic heterocycles. The van der Waals surface area contributed by atoms with Gasteiger partial charge in [0.25, 0.3) is 5.56 Å². The highest BCUT2D eigenvalue weighted by Crippen LogP contribution is 2.16. The molecule has 2 heterocycles. The number of hydrogen-bond donors (Lipinski definition) is 2. The number of amides is 1. The molecule has 0 aliphatic carbocycles. The Kier molecular flexibility index (Phi) is 4.93. The van der Waals surface area contributed by atoms with Crippen LogP contribution in [0.3, 0.4) is 0 Å². The fraction of sp³-hybridized carbons (Fsp3) is 0.438. The lowest BCUT2D eigenvalue weighted by molar-refractivity contribution is 0.166. The van der Waals surface area contributed by atoms with E-state index in [4.69, 9.17) is 5.11 Å². The molecule has 1 aromatic carbocycles. The van der Waals surface area contributed by atoms with Crippen molar-refractivity contribution in [1.29, 1.82) is 0 Å². The third kappa shape index (κ3) is 3.93. The maximum Gasteiger partial charge on any atom is 0.404 e. The molecule has 3 rings (SSSR count). The van der Waals surface area contributed by atoms with Gasteiger partial charge < -0.3 is 19.9 Å². The van der Waals surface area contributed by atoms with Crippen LogP contribution in [0.15, 0.2) is 23.1 Å². The molecule has 0 spiro atoms. The minimum absolute atomic E-state index is 0.0599. The van der Waals surface area contributed by atoms with Crippen molar-refractivity contribution in [2.24, 2.45) is 0 Å². The molecule has 1 amide bonds. The third-order valence-corrected chi connectivity index (χ3v) is 4.44. The average molecular weight is 352 g/mol. The van der Waals surface area contributed by atoms with Crippen LogP contribution in [0.2, 0.25) is 0 Å². The van der Waals surface area contributed by atoms with Gasteiger partial charge >= 0.3 is 6.09 Å². The molecule has 0 bridgehead atoms. The molecule has 9 heteroatoms. The van der Waals surface area contributed by atoms with Crippen molar-refractivity contribution in [3.63, 3.8) is 0 Å². The first-order valence-corrected chi connectivity index (χ1v) is 8.00. The number of hydrogen-bond acceptors (Lipinski definition) is 4. The molecule has 134 valence electrons. The second kappa shape index (κ2) is 7.14. The van der Waals surface area contributed by atoms with Crippen LogP contribution in [0.25, 0.3) is 11.0 Å². The highest BCUT2D eigenvalue weighted by Gasteiger charge is 2.20. The molecule has 1 aliphatic heterocycles. The van der Waals surface area contributed by atoms with Gasteiger partial charge in [0.15, 0.2) is 11.6 Å². The summed E-state index contributed by atoms with van der Waals surface area (Å²) in [7, 11) is 0. The third-order valence-electron chi connectivity index (χ3n) is 4.44. The Morgan fingerprint density at radius 3 is 2.60 bits per heavy atom. The summed E-state index contributed by atoms with van der Waals surface area (Å²) in [5.74, 6) is -2.02. The number of nitrogens with one attached hydrogen (secondary N) is 1. The number of piperidine rings is 1. The van der Waals surface area contributed by atoms with E-state index < -0.39 is 17.7 Å². The van der Waals surface area contributed by atoms with Crippen molar-refractivity contribution in [2.45, 2.75) is 25.4 Å². The number of likely N-dealkylation sites (tertiary alicyclic amines) is 1. The SMILES string of the molecule is O=C(O)NC1CCN(CCn2c(=O)cnc3cc(F)c(F)cc32)CC1. The maximum absolute atomic E-state index is 13.5. The molecule has 2 aromatic rings. The molecule has 7 nitrogen and oxygen atoms in total. The predicted octanol–water partition coefficient (Wildman–Crippen LogP) is 1.41. The second-order valence-corrected chi connectivity index (χ2v) is 6.07. The van der Waals surface area contributed by atoms with Crippen LogP contribution < -0.4 is 10.9 Å². The van der Waals surface area contributed by atoms with Crippen molar-refractivity contribution in [2.75, 3.05) is 19.6 Å². The van der Waals surface area contributed by atoms with Crippen LogP contribution >= 0.6 is 0 Å². The highest BCUT2D eigenvalue weighted by atomic mass is 19.2. The molecule has 1 saturated heterocycles. The quantitative estimate of drug-likeness (QED) is 0.869. The van der Waals surface area contributed by atoms with Gasteiger partial charge in [0, 0.05) is 44.4 Å². The van der Waals surface area contributed by atoms with Crippen molar-refractivity contribution in [3.8, 4) is 0 Å². The van der Waals surface area contributed by atoms with Crippen molar-refractivity contribution in [3.05, 3.63) is 40.3 Å². The van der Waals surface area contributed by atoms with Crippen LogP contribution in [-0.4, -0.2) is 51.3 Å². The Bertz CT molecular complexity index is 847. The van der Waals surface area contributed by atoms with Crippen LogP contribution in [0, 0.1) is 11.6 Å². The van der Waals surface area contributed by atoms with Gasteiger partial charge in [-0.2, -0.15) is 0 Å². The van der Waals surface area contributed by atoms with E-state index in [0.717, 1.165) is 18.3 Å². The summed E-state index contributed by atoms with van der Waals surface area (Å²) in [6.07, 6.45) is 1.46. The number of benzene rings is 1. The van der Waals surface area contributed by atoms with Gasteiger partial charge in [-0.25, -0.2) is 18.6 Å². The predicted molar refractivity (Wildman–Crippen MR) is 86.5 cm³/mol. The molecule has 1 fully saturated rings. The molecule has 0 atom stereocenters. The van der Waals surface area contributed by atoms with Crippen LogP contribution in [0.1, 0.15) is 12.8 Å². The topological polar surface area (TPSA) is 87.5 Å². The highest BCUT2D eigenvalue weighted by molar-refractivity contribution is 5.74. The summed E-state index contributed by atoms with van der Waals surface area (Å²) in [6.45, 7) is 2.27. The molecule has 1 aliphatic rings. The number of carboxylic acid groups (broad SMARTS) is 1. The van der Waals surface area contributed by atoms with E-state index in [9.17, 15) is 18.4 Å². The van der Waals surface area contributed by atoms with Gasteiger partial charge in [0.1, 0.15) is 0 Å². The van der Waals surface area contributed by atoms with Gasteiger partial charge in [-0.1, -0.05) is 0 Å². The number of halogens is 2. The Morgan fingerprint density at radius 1 is 1.24 bits per heavy atom. The first-order valence-electron chi connectivity index (χ1n) is 8.00. The molecular weight excluding hydrogens is 334 g/mol. The molecule has 2 N–H and O–H groups in total. The van der Waals surface area contributed by atoms with Crippen LogP contribution in [0.5, 0.6) is 0 Å². The zero-order valence-electron chi connectivity index (χ0n) is 13.4. The first-order chi connectivity index (χ1) is 11.9. The number of carbonyl (C=O) groups is 1. The van der Waals surface area contributed by atoms with E-state index in [2.05, 4.69) is 15.2 Å². The summed E-state index contributed by atoms with van der Waals surface area (Å²) >= 11 is 0. The largest absolute Gasteiger partial charge is 0.465 e. The van der Waals surface area contributed by atoms with Crippen LogP contribution in [0.4, 0.5) is 13.6 Å². The van der Waals surface area contributed by atoms with E-state index in [-0.39, 0.29) is 22.6 Å². The van der Waals surface area contributed by atoms with Crippen molar-refractivity contribution >= 4 is 17.1 Å². The number of rotatable bonds is 4. The van der Waals surface area contributed by atoms with E-state index in [0.29, 0.717) is 39.0 Å². The zero-order valence-corrected chi connectivity index (χ0v) is 13.4. The summed E-state index contributed by atoms with van der Waals surface area (Å²) in [5.41, 5.74) is 0.109. The summed E-state index contributed by atoms with van der Waals surface area (Å²) in [4.78, 5) is 28.7. The van der Waals surface area contributed by atoms with Gasteiger partial charge in [0.05, 0.1) is 17.2 Å². The van der Waals surface area contributed by atoms with E-state index in [1.807, 2.05) is 0 Å². The normalized spacial score (nSPS) is 16.2. The summed E-state index contributed by atoms with van der Waals surface area (Å²) in [6, 6.07) is 1.90. The van der Waals surface area contributed by atoms with Crippen molar-refractivity contribution in [1.82, 2.24) is 19.8 Å². The molecule has 0 radical (unpaired) electrons. The van der Waals surface area contributed by atoms with E-state index >= 15 is 0 Å². The Balaban J connectivity index is 1.70. The monoisotopic (exact) mass is 352 g/mol. The standard InChI is InChI=1S/C16H18F2N4O3/c17-11-7-13-14(8-12(11)18)22(15(23)9-19-13)6-5-21-3-1-10(2-4-21)20-16(24)25/h7-10,20H,1-6H2,(H,24,25). The molecule has 0 unspecified atom stereocenters. The van der Waals surface area contributed by atoms with E-state index in [1.54, 1.807) is 0 Å². The number of nitrogens with zero attached hydrogens (tertiary/aromatic N) is 3. The lowest BCUT2D eigenvalue weighted by Gasteiger charge is -2.31. The summed E-state index contributed by atoms with van der Waals surface area (Å²) < 4.78 is 28.2. The van der Waals surface area contributed by atoms with E-state index in [1.165, 1.54) is 4.57 Å². The van der Waals surface area contributed by atoms with Gasteiger partial charge in [-0.3, -0.25) is 4.79 Å². The number of aromatic nitrogens is 2. The van der Waals surface area contributed by atoms with Gasteiger partial charge in [0.2, 0.25) is 0 Å². The molecular formula is C16H18F2N4O3. The smallest absolute Gasteiger partial charge is 0.404 e. The minimum Gasteiger partial charge on any atom is -0.465 e. The molecule has 25 heavy (non-hydrogen) atoms. The minimum atomic E-state index is -1.03. The lowest BCUT2D eigenvalue weighted by atomic mass is 10.1. The maximum atomic E-state index is 13.5. The fourth-order valence-corrected chi connectivity index (χ4v) is 3.11. The fourth-order valence-electron chi connectivity index (χ4n) is 3.11. The lowest BCUT2D eigenvalue weighted by Crippen LogP contribution is -2.45. The Hall–Kier alpha value is -2.55. The second-order valence-electron chi connectivity index (χ2n) is 6.07. The zero-order chi connectivity index (χ0) is 18.0. The average Bonchev–Trinajstić information content (AvgIpc) is 2.56. The van der Waals surface area contributed by atoms with Crippen molar-refractivity contribution < 1.29 is 18.7 Å². The van der Waals surface area contributed by atoms with Gasteiger partial charge in [-0.05, 0) is 12.8 Å². The first kappa shape index (κ1) is 17.3. The Labute approximate surface area is 141 Å². The van der Waals surface area contributed by atoms with Gasteiger partial charge in [-0.15, -0.1) is 0 Å². The molecule has 0 saturated carbocycles. The summed E-state index contributed by atoms with van der Waals surface area (Å²) in [5, 5.41) is 11.2. The number of fused-ring (bicyclic) bond motifs is 1. The van der Waals surface area contributed by atoms with Crippen LogP contribution in [-0.2, 0) is 6.54 Å².